The average Bonchev–Trinajstić information content (AvgIpc) is 2.82. The Bertz CT molecular complexity index is 431. The van der Waals surface area contributed by atoms with E-state index in [9.17, 15) is 4.79 Å². The summed E-state index contributed by atoms with van der Waals surface area (Å²) in [6.07, 6.45) is 5.69. The predicted octanol–water partition coefficient (Wildman–Crippen LogP) is 1.56. The van der Waals surface area contributed by atoms with Crippen molar-refractivity contribution < 1.29 is 14.3 Å². The van der Waals surface area contributed by atoms with Gasteiger partial charge in [-0.1, -0.05) is 0 Å². The molecule has 18 heavy (non-hydrogen) atoms. The highest BCUT2D eigenvalue weighted by Gasteiger charge is 2.22. The van der Waals surface area contributed by atoms with Crippen molar-refractivity contribution in [1.29, 1.82) is 0 Å². The third-order valence-corrected chi connectivity index (χ3v) is 2.85. The lowest BCUT2D eigenvalue weighted by Crippen LogP contribution is -2.17. The molecule has 1 fully saturated rings. The number of carbonyl (C=O) groups excluding carboxylic acids is 1. The van der Waals surface area contributed by atoms with Gasteiger partial charge in [-0.25, -0.2) is 9.78 Å². The van der Waals surface area contributed by atoms with Crippen LogP contribution in [0.15, 0.2) is 6.20 Å². The Balaban J connectivity index is 2.19. The predicted molar refractivity (Wildman–Crippen MR) is 65.3 cm³/mol. The van der Waals surface area contributed by atoms with E-state index in [0.29, 0.717) is 6.61 Å². The van der Waals surface area contributed by atoms with Gasteiger partial charge in [0.25, 0.3) is 0 Å². The summed E-state index contributed by atoms with van der Waals surface area (Å²) < 4.78 is 10.7. The van der Waals surface area contributed by atoms with E-state index in [1.54, 1.807) is 6.92 Å². The highest BCUT2D eigenvalue weighted by atomic mass is 16.5. The fourth-order valence-corrected chi connectivity index (χ4v) is 1.98. The molecule has 0 atom stereocenters. The Morgan fingerprint density at radius 2 is 2.22 bits per heavy atom. The van der Waals surface area contributed by atoms with Gasteiger partial charge < -0.3 is 15.2 Å². The SMILES string of the molecule is CCOC(=O)c1cnc(N)nc1OC1CCCC1. The molecular formula is C12H17N3O3. The molecule has 0 bridgehead atoms. The van der Waals surface area contributed by atoms with Crippen molar-refractivity contribution in [2.45, 2.75) is 38.7 Å². The van der Waals surface area contributed by atoms with Crippen molar-refractivity contribution in [2.75, 3.05) is 12.3 Å². The molecule has 2 N–H and O–H groups in total. The molecule has 1 saturated carbocycles. The van der Waals surface area contributed by atoms with Crippen LogP contribution in [-0.4, -0.2) is 28.6 Å². The van der Waals surface area contributed by atoms with E-state index in [-0.39, 0.29) is 23.5 Å². The number of hydrogen-bond donors (Lipinski definition) is 1. The quantitative estimate of drug-likeness (QED) is 0.817. The lowest BCUT2D eigenvalue weighted by Gasteiger charge is -2.14. The highest BCUT2D eigenvalue weighted by molar-refractivity contribution is 5.91. The van der Waals surface area contributed by atoms with E-state index in [1.807, 2.05) is 0 Å². The molecule has 98 valence electrons. The van der Waals surface area contributed by atoms with Crippen LogP contribution in [0.25, 0.3) is 0 Å². The first-order valence-corrected chi connectivity index (χ1v) is 6.17. The van der Waals surface area contributed by atoms with Gasteiger partial charge >= 0.3 is 5.97 Å². The summed E-state index contributed by atoms with van der Waals surface area (Å²) in [5, 5.41) is 0. The minimum absolute atomic E-state index is 0.0936. The molecule has 0 saturated heterocycles. The number of esters is 1. The number of hydrogen-bond acceptors (Lipinski definition) is 6. The van der Waals surface area contributed by atoms with Gasteiger partial charge in [0, 0.05) is 0 Å². The molecule has 1 aliphatic carbocycles. The van der Waals surface area contributed by atoms with Gasteiger partial charge in [0.1, 0.15) is 11.7 Å². The smallest absolute Gasteiger partial charge is 0.345 e. The molecule has 0 aliphatic heterocycles. The lowest BCUT2D eigenvalue weighted by molar-refractivity contribution is 0.0517. The molecule has 0 amide bonds. The Kier molecular flexibility index (Phi) is 3.96. The van der Waals surface area contributed by atoms with Crippen molar-refractivity contribution in [3.05, 3.63) is 11.8 Å². The first-order valence-electron chi connectivity index (χ1n) is 6.17. The van der Waals surface area contributed by atoms with Crippen LogP contribution in [0.3, 0.4) is 0 Å². The van der Waals surface area contributed by atoms with Crippen molar-refractivity contribution >= 4 is 11.9 Å². The molecule has 2 rings (SSSR count). The van der Waals surface area contributed by atoms with E-state index in [4.69, 9.17) is 15.2 Å². The summed E-state index contributed by atoms with van der Waals surface area (Å²) in [6, 6.07) is 0. The van der Waals surface area contributed by atoms with Gasteiger partial charge in [0.2, 0.25) is 11.8 Å². The number of nitrogen functional groups attached to an aromatic ring is 1. The molecule has 1 aromatic rings. The van der Waals surface area contributed by atoms with E-state index >= 15 is 0 Å². The molecule has 1 aliphatic rings. The maximum absolute atomic E-state index is 11.7. The summed E-state index contributed by atoms with van der Waals surface area (Å²) in [6.45, 7) is 2.04. The normalized spacial score (nSPS) is 15.6. The zero-order valence-electron chi connectivity index (χ0n) is 10.4. The first-order chi connectivity index (χ1) is 8.70. The van der Waals surface area contributed by atoms with Crippen molar-refractivity contribution in [3.63, 3.8) is 0 Å². The van der Waals surface area contributed by atoms with Crippen LogP contribution in [0.1, 0.15) is 43.0 Å². The number of anilines is 1. The van der Waals surface area contributed by atoms with Crippen LogP contribution in [-0.2, 0) is 4.74 Å². The molecule has 0 spiro atoms. The second kappa shape index (κ2) is 5.66. The minimum atomic E-state index is -0.481. The average molecular weight is 251 g/mol. The van der Waals surface area contributed by atoms with Crippen LogP contribution >= 0.6 is 0 Å². The van der Waals surface area contributed by atoms with Gasteiger partial charge in [-0.15, -0.1) is 0 Å². The molecule has 1 heterocycles. The third-order valence-electron chi connectivity index (χ3n) is 2.85. The van der Waals surface area contributed by atoms with E-state index < -0.39 is 5.97 Å². The number of carbonyl (C=O) groups is 1. The number of nitrogens with two attached hydrogens (primary N) is 1. The number of rotatable bonds is 4. The molecule has 0 radical (unpaired) electrons. The van der Waals surface area contributed by atoms with Gasteiger partial charge in [-0.3, -0.25) is 0 Å². The summed E-state index contributed by atoms with van der Waals surface area (Å²) in [5.74, 6) is -0.158. The van der Waals surface area contributed by atoms with Gasteiger partial charge in [0.05, 0.1) is 12.8 Å². The largest absolute Gasteiger partial charge is 0.474 e. The molecule has 6 nitrogen and oxygen atoms in total. The zero-order chi connectivity index (χ0) is 13.0. The minimum Gasteiger partial charge on any atom is -0.474 e. The topological polar surface area (TPSA) is 87.3 Å². The standard InChI is InChI=1S/C12H17N3O3/c1-2-17-11(16)9-7-14-12(13)15-10(9)18-8-5-3-4-6-8/h7-8H,2-6H2,1H3,(H2,13,14,15). The van der Waals surface area contributed by atoms with Crippen LogP contribution < -0.4 is 10.5 Å². The van der Waals surface area contributed by atoms with Gasteiger partial charge in [-0.05, 0) is 32.6 Å². The fourth-order valence-electron chi connectivity index (χ4n) is 1.98. The Hall–Kier alpha value is -1.85. The molecule has 0 unspecified atom stereocenters. The summed E-state index contributed by atoms with van der Waals surface area (Å²) >= 11 is 0. The van der Waals surface area contributed by atoms with Gasteiger partial charge in [0.15, 0.2) is 0 Å². The molecule has 0 aromatic carbocycles. The van der Waals surface area contributed by atoms with Crippen molar-refractivity contribution in [3.8, 4) is 5.88 Å². The van der Waals surface area contributed by atoms with Crippen LogP contribution in [0.2, 0.25) is 0 Å². The Morgan fingerprint density at radius 1 is 1.50 bits per heavy atom. The number of aromatic nitrogens is 2. The fraction of sp³-hybridized carbons (Fsp3) is 0.583. The molecule has 6 heteroatoms. The second-order valence-electron chi connectivity index (χ2n) is 4.19. The maximum Gasteiger partial charge on any atom is 0.345 e. The highest BCUT2D eigenvalue weighted by Crippen LogP contribution is 2.25. The summed E-state index contributed by atoms with van der Waals surface area (Å²) in [5.41, 5.74) is 5.76. The van der Waals surface area contributed by atoms with Crippen molar-refractivity contribution in [2.24, 2.45) is 0 Å². The number of ether oxygens (including phenoxy) is 2. The Labute approximate surface area is 106 Å². The molecule has 1 aromatic heterocycles. The second-order valence-corrected chi connectivity index (χ2v) is 4.19. The van der Waals surface area contributed by atoms with E-state index in [0.717, 1.165) is 25.7 Å². The van der Waals surface area contributed by atoms with Gasteiger partial charge in [-0.2, -0.15) is 4.98 Å². The van der Waals surface area contributed by atoms with E-state index in [2.05, 4.69) is 9.97 Å². The monoisotopic (exact) mass is 251 g/mol. The zero-order valence-corrected chi connectivity index (χ0v) is 10.4. The maximum atomic E-state index is 11.7. The Morgan fingerprint density at radius 3 is 2.89 bits per heavy atom. The number of nitrogens with zero attached hydrogens (tertiary/aromatic N) is 2. The summed E-state index contributed by atoms with van der Waals surface area (Å²) in [4.78, 5) is 19.5. The summed E-state index contributed by atoms with van der Waals surface area (Å²) in [7, 11) is 0. The van der Waals surface area contributed by atoms with Crippen LogP contribution in [0, 0.1) is 0 Å². The van der Waals surface area contributed by atoms with E-state index in [1.165, 1.54) is 6.20 Å². The first kappa shape index (κ1) is 12.6. The van der Waals surface area contributed by atoms with Crippen LogP contribution in [0.5, 0.6) is 5.88 Å². The van der Waals surface area contributed by atoms with Crippen molar-refractivity contribution in [1.82, 2.24) is 9.97 Å². The molecular weight excluding hydrogens is 234 g/mol. The lowest BCUT2D eigenvalue weighted by atomic mass is 10.3. The third kappa shape index (κ3) is 2.88. The van der Waals surface area contributed by atoms with Crippen LogP contribution in [0.4, 0.5) is 5.95 Å².